The van der Waals surface area contributed by atoms with Crippen molar-refractivity contribution >= 4 is 28.1 Å². The molecule has 30 heavy (non-hydrogen) atoms. The van der Waals surface area contributed by atoms with E-state index in [1.807, 2.05) is 66.7 Å². The fourth-order valence-corrected chi connectivity index (χ4v) is 3.51. The van der Waals surface area contributed by atoms with Gasteiger partial charge in [0.05, 0.1) is 15.9 Å². The number of halogens is 2. The maximum atomic E-state index is 13.1. The maximum absolute atomic E-state index is 13.1. The fraction of sp³-hybridized carbons (Fsp3) is 0.0385. The number of benzene rings is 3. The van der Waals surface area contributed by atoms with Crippen molar-refractivity contribution in [3.05, 3.63) is 118 Å². The number of pyridine rings is 1. The number of aromatic nitrogens is 1. The molecule has 0 amide bonds. The smallest absolute Gasteiger partial charge is 0.143 e. The second-order valence-corrected chi connectivity index (χ2v) is 7.58. The molecule has 0 radical (unpaired) electrons. The van der Waals surface area contributed by atoms with Crippen molar-refractivity contribution in [3.8, 4) is 17.0 Å². The molecule has 2 nitrogen and oxygen atoms in total. The van der Waals surface area contributed by atoms with Crippen LogP contribution in [0, 0.1) is 5.82 Å². The number of rotatable bonds is 6. The first-order chi connectivity index (χ1) is 14.7. The third kappa shape index (κ3) is 5.02. The van der Waals surface area contributed by atoms with Gasteiger partial charge in [0.25, 0.3) is 0 Å². The molecule has 1 aromatic heterocycles. The molecule has 0 bridgehead atoms. The molecule has 0 aliphatic heterocycles. The molecular weight excluding hydrogens is 441 g/mol. The molecule has 0 spiro atoms. The highest BCUT2D eigenvalue weighted by Crippen LogP contribution is 2.36. The summed E-state index contributed by atoms with van der Waals surface area (Å²) in [4.78, 5) is 4.79. The van der Waals surface area contributed by atoms with Crippen LogP contribution in [-0.2, 0) is 6.61 Å². The molecule has 0 aliphatic carbocycles. The zero-order valence-electron chi connectivity index (χ0n) is 16.1. The normalized spacial score (nSPS) is 11.0. The van der Waals surface area contributed by atoms with Gasteiger partial charge in [-0.1, -0.05) is 60.7 Å². The van der Waals surface area contributed by atoms with Gasteiger partial charge in [0, 0.05) is 5.56 Å². The summed E-state index contributed by atoms with van der Waals surface area (Å²) < 4.78 is 20.1. The van der Waals surface area contributed by atoms with E-state index < -0.39 is 0 Å². The molecule has 4 rings (SSSR count). The van der Waals surface area contributed by atoms with Crippen molar-refractivity contribution in [1.82, 2.24) is 4.98 Å². The van der Waals surface area contributed by atoms with Gasteiger partial charge in [-0.25, -0.2) is 9.37 Å². The molecule has 3 aromatic carbocycles. The molecule has 4 heteroatoms. The molecule has 1 heterocycles. The van der Waals surface area contributed by atoms with Crippen LogP contribution in [0.25, 0.3) is 23.4 Å². The maximum Gasteiger partial charge on any atom is 0.143 e. The minimum absolute atomic E-state index is 0.259. The highest BCUT2D eigenvalue weighted by molar-refractivity contribution is 9.10. The summed E-state index contributed by atoms with van der Waals surface area (Å²) in [5.74, 6) is 0.448. The zero-order chi connectivity index (χ0) is 20.8. The van der Waals surface area contributed by atoms with E-state index >= 15 is 0 Å². The van der Waals surface area contributed by atoms with Crippen molar-refractivity contribution in [2.24, 2.45) is 0 Å². The molecule has 4 aromatic rings. The SMILES string of the molecule is Fc1ccc(COc2c(Br)cccc2-c2cccc(C=Cc3ccccc3)n2)cc1. The predicted molar refractivity (Wildman–Crippen MR) is 123 cm³/mol. The average molecular weight is 460 g/mol. The molecule has 0 saturated heterocycles. The zero-order valence-corrected chi connectivity index (χ0v) is 17.7. The standard InChI is InChI=1S/C26H19BrFNO/c27-24-10-5-9-23(26(24)30-18-20-12-15-21(28)16-13-20)25-11-4-8-22(29-25)17-14-19-6-2-1-3-7-19/h1-17H,18H2. The summed E-state index contributed by atoms with van der Waals surface area (Å²) in [5, 5.41) is 0. The molecule has 0 saturated carbocycles. The largest absolute Gasteiger partial charge is 0.487 e. The lowest BCUT2D eigenvalue weighted by Gasteiger charge is -2.13. The molecular formula is C26H19BrFNO. The Morgan fingerprint density at radius 3 is 2.37 bits per heavy atom. The van der Waals surface area contributed by atoms with Crippen LogP contribution in [0.2, 0.25) is 0 Å². The average Bonchev–Trinajstić information content (AvgIpc) is 2.79. The Kier molecular flexibility index (Phi) is 6.35. The van der Waals surface area contributed by atoms with Crippen molar-refractivity contribution in [3.63, 3.8) is 0 Å². The number of hydrogen-bond donors (Lipinski definition) is 0. The fourth-order valence-electron chi connectivity index (χ4n) is 3.03. The van der Waals surface area contributed by atoms with Crippen molar-refractivity contribution in [2.45, 2.75) is 6.61 Å². The topological polar surface area (TPSA) is 22.1 Å². The lowest BCUT2D eigenvalue weighted by Crippen LogP contribution is -1.99. The minimum atomic E-state index is -0.259. The van der Waals surface area contributed by atoms with Crippen LogP contribution in [-0.4, -0.2) is 4.98 Å². The summed E-state index contributed by atoms with van der Waals surface area (Å²) >= 11 is 3.58. The number of ether oxygens (including phenoxy) is 1. The summed E-state index contributed by atoms with van der Waals surface area (Å²) in [6, 6.07) is 28.2. The predicted octanol–water partition coefficient (Wildman–Crippen LogP) is 7.40. The summed E-state index contributed by atoms with van der Waals surface area (Å²) in [7, 11) is 0. The van der Waals surface area contributed by atoms with Gasteiger partial charge in [0.2, 0.25) is 0 Å². The second kappa shape index (κ2) is 9.51. The van der Waals surface area contributed by atoms with Gasteiger partial charge in [0.1, 0.15) is 18.2 Å². The molecule has 0 atom stereocenters. The van der Waals surface area contributed by atoms with E-state index in [0.717, 1.165) is 32.6 Å². The summed E-state index contributed by atoms with van der Waals surface area (Å²) in [5.41, 5.74) is 4.59. The minimum Gasteiger partial charge on any atom is -0.487 e. The van der Waals surface area contributed by atoms with Gasteiger partial charge in [-0.15, -0.1) is 0 Å². The van der Waals surface area contributed by atoms with Crippen molar-refractivity contribution < 1.29 is 9.13 Å². The van der Waals surface area contributed by atoms with E-state index in [9.17, 15) is 4.39 Å². The Morgan fingerprint density at radius 1 is 0.800 bits per heavy atom. The van der Waals surface area contributed by atoms with Gasteiger partial charge in [-0.2, -0.15) is 0 Å². The molecule has 0 unspecified atom stereocenters. The van der Waals surface area contributed by atoms with Gasteiger partial charge in [-0.3, -0.25) is 0 Å². The van der Waals surface area contributed by atoms with Crippen LogP contribution in [0.4, 0.5) is 4.39 Å². The van der Waals surface area contributed by atoms with Crippen LogP contribution in [0.5, 0.6) is 5.75 Å². The van der Waals surface area contributed by atoms with E-state index in [1.165, 1.54) is 12.1 Å². The van der Waals surface area contributed by atoms with Crippen LogP contribution >= 0.6 is 15.9 Å². The van der Waals surface area contributed by atoms with E-state index in [1.54, 1.807) is 12.1 Å². The van der Waals surface area contributed by atoms with Crippen molar-refractivity contribution in [2.75, 3.05) is 0 Å². The molecule has 0 aliphatic rings. The first-order valence-electron chi connectivity index (χ1n) is 9.55. The summed E-state index contributed by atoms with van der Waals surface area (Å²) in [6.45, 7) is 0.337. The third-order valence-corrected chi connectivity index (χ3v) is 5.18. The van der Waals surface area contributed by atoms with Crippen LogP contribution in [0.1, 0.15) is 16.8 Å². The quantitative estimate of drug-likeness (QED) is 0.299. The first kappa shape index (κ1) is 20.0. The van der Waals surface area contributed by atoms with E-state index in [4.69, 9.17) is 9.72 Å². The Bertz CT molecular complexity index is 1160. The highest BCUT2D eigenvalue weighted by atomic mass is 79.9. The Hall–Kier alpha value is -3.24. The van der Waals surface area contributed by atoms with E-state index in [-0.39, 0.29) is 5.82 Å². The number of para-hydroxylation sites is 1. The third-order valence-electron chi connectivity index (χ3n) is 4.56. The Morgan fingerprint density at radius 2 is 1.57 bits per heavy atom. The van der Waals surface area contributed by atoms with Crippen LogP contribution in [0.3, 0.4) is 0 Å². The molecule has 148 valence electrons. The van der Waals surface area contributed by atoms with Crippen LogP contribution in [0.15, 0.2) is 95.5 Å². The monoisotopic (exact) mass is 459 g/mol. The molecule has 0 N–H and O–H groups in total. The Balaban J connectivity index is 1.60. The summed E-state index contributed by atoms with van der Waals surface area (Å²) in [6.07, 6.45) is 4.04. The van der Waals surface area contributed by atoms with Crippen LogP contribution < -0.4 is 4.74 Å². The van der Waals surface area contributed by atoms with Gasteiger partial charge in [0.15, 0.2) is 0 Å². The lowest BCUT2D eigenvalue weighted by molar-refractivity contribution is 0.305. The van der Waals surface area contributed by atoms with E-state index in [0.29, 0.717) is 12.4 Å². The van der Waals surface area contributed by atoms with E-state index in [2.05, 4.69) is 28.1 Å². The second-order valence-electron chi connectivity index (χ2n) is 6.72. The number of nitrogens with zero attached hydrogens (tertiary/aromatic N) is 1. The van der Waals surface area contributed by atoms with Crippen molar-refractivity contribution in [1.29, 1.82) is 0 Å². The van der Waals surface area contributed by atoms with Gasteiger partial charge >= 0.3 is 0 Å². The Labute approximate surface area is 183 Å². The number of hydrogen-bond acceptors (Lipinski definition) is 2. The lowest BCUT2D eigenvalue weighted by atomic mass is 10.1. The van der Waals surface area contributed by atoms with Gasteiger partial charge in [-0.05, 0) is 69.5 Å². The van der Waals surface area contributed by atoms with Gasteiger partial charge < -0.3 is 4.74 Å². The first-order valence-corrected chi connectivity index (χ1v) is 10.3. The highest BCUT2D eigenvalue weighted by Gasteiger charge is 2.12. The molecule has 0 fully saturated rings.